The largest absolute Gasteiger partial charge is 0.302 e. The Morgan fingerprint density at radius 1 is 0.718 bits per heavy atom. The molecule has 0 bridgehead atoms. The molecule has 4 aromatic rings. The second-order valence-corrected chi connectivity index (χ2v) is 9.20. The van der Waals surface area contributed by atoms with Crippen molar-refractivity contribution in [3.8, 4) is 0 Å². The minimum atomic E-state index is 1.09. The highest BCUT2D eigenvalue weighted by atomic mass is 15.1. The highest BCUT2D eigenvalue weighted by molar-refractivity contribution is 5.87. The number of likely N-dealkylation sites (N-methyl/N-ethyl adjacent to an activating group) is 1. The number of allylic oxidation sites excluding steroid dienone is 1. The fourth-order valence-corrected chi connectivity index (χ4v) is 4.46. The fourth-order valence-electron chi connectivity index (χ4n) is 4.46. The number of hydrogen-bond donors (Lipinski definition) is 0. The third-order valence-corrected chi connectivity index (χ3v) is 6.16. The van der Waals surface area contributed by atoms with Crippen LogP contribution in [0, 0.1) is 0 Å². The summed E-state index contributed by atoms with van der Waals surface area (Å²) in [6.07, 6.45) is 6.46. The summed E-state index contributed by atoms with van der Waals surface area (Å²) in [4.78, 5) is 2.40. The van der Waals surface area contributed by atoms with Crippen LogP contribution < -0.4 is 0 Å². The summed E-state index contributed by atoms with van der Waals surface area (Å²) in [6.45, 7) is 24.2. The van der Waals surface area contributed by atoms with Crippen molar-refractivity contribution in [2.45, 2.75) is 94.5 Å². The van der Waals surface area contributed by atoms with Crippen LogP contribution in [0.15, 0.2) is 85.5 Å². The first-order valence-corrected chi connectivity index (χ1v) is 15.3. The summed E-state index contributed by atoms with van der Waals surface area (Å²) < 4.78 is 0. The van der Waals surface area contributed by atoms with Gasteiger partial charge in [-0.1, -0.05) is 141 Å². The smallest absolute Gasteiger partial charge is 0.0239 e. The number of fused-ring (bicyclic) bond motifs is 4. The molecular formula is C38H57N. The molecule has 0 amide bonds. The fraction of sp³-hybridized carbons (Fsp3) is 0.421. The number of rotatable bonds is 2. The standard InChI is InChI=1S/C14H15N.C14H16.C3H8.C3H6.2C2H6/c1-15-9-8-12-7-6-11-4-2-3-5-13(11)14(12)10-15;1-3-11-9-13-7-5-6-8-14(13)10-12(11)4-2;2*1-3-2;2*1-2/h2-7H,8-10H2,1H3;5-10H,3-4H2,1-2H3;3H2,1-2H3;3H,1H2,2H3;2*1-2H3. The van der Waals surface area contributed by atoms with Crippen molar-refractivity contribution in [2.75, 3.05) is 13.6 Å². The Kier molecular flexibility index (Phi) is 20.3. The van der Waals surface area contributed by atoms with E-state index in [1.54, 1.807) is 6.08 Å². The van der Waals surface area contributed by atoms with E-state index in [4.69, 9.17) is 0 Å². The van der Waals surface area contributed by atoms with Crippen molar-refractivity contribution in [3.63, 3.8) is 0 Å². The van der Waals surface area contributed by atoms with Crippen molar-refractivity contribution in [2.24, 2.45) is 0 Å². The molecule has 1 aliphatic rings. The predicted octanol–water partition coefficient (Wildman–Crippen LogP) is 11.5. The molecule has 1 heteroatoms. The highest BCUT2D eigenvalue weighted by Crippen LogP contribution is 2.27. The minimum absolute atomic E-state index is 1.09. The average Bonchev–Trinajstić information content (AvgIpc) is 2.99. The predicted molar refractivity (Wildman–Crippen MR) is 181 cm³/mol. The first kappa shape index (κ1) is 36.1. The molecule has 0 aliphatic carbocycles. The topological polar surface area (TPSA) is 3.24 Å². The molecule has 1 heterocycles. The Labute approximate surface area is 242 Å². The van der Waals surface area contributed by atoms with Gasteiger partial charge in [0.1, 0.15) is 0 Å². The molecular weight excluding hydrogens is 470 g/mol. The van der Waals surface area contributed by atoms with E-state index in [2.05, 4.69) is 119 Å². The van der Waals surface area contributed by atoms with Gasteiger partial charge in [0.25, 0.3) is 0 Å². The Morgan fingerprint density at radius 2 is 1.15 bits per heavy atom. The zero-order valence-corrected chi connectivity index (χ0v) is 26.9. The molecule has 0 saturated heterocycles. The quantitative estimate of drug-likeness (QED) is 0.234. The molecule has 1 nitrogen and oxygen atoms in total. The Morgan fingerprint density at radius 3 is 1.62 bits per heavy atom. The number of aryl methyl sites for hydroxylation is 2. The van der Waals surface area contributed by atoms with Gasteiger partial charge in [0.2, 0.25) is 0 Å². The summed E-state index contributed by atoms with van der Waals surface area (Å²) in [7, 11) is 2.20. The van der Waals surface area contributed by atoms with E-state index in [0.29, 0.717) is 0 Å². The van der Waals surface area contributed by atoms with Gasteiger partial charge in [-0.3, -0.25) is 0 Å². The maximum absolute atomic E-state index is 3.36. The minimum Gasteiger partial charge on any atom is -0.302 e. The van der Waals surface area contributed by atoms with Crippen molar-refractivity contribution in [1.29, 1.82) is 0 Å². The molecule has 0 N–H and O–H groups in total. The molecule has 0 atom stereocenters. The van der Waals surface area contributed by atoms with Crippen LogP contribution in [0.5, 0.6) is 0 Å². The number of hydrogen-bond acceptors (Lipinski definition) is 1. The monoisotopic (exact) mass is 527 g/mol. The Balaban J connectivity index is 0.000000560. The molecule has 0 spiro atoms. The van der Waals surface area contributed by atoms with Crippen LogP contribution in [-0.2, 0) is 25.8 Å². The Bertz CT molecular complexity index is 1150. The lowest BCUT2D eigenvalue weighted by molar-refractivity contribution is 0.314. The van der Waals surface area contributed by atoms with E-state index in [1.807, 2.05) is 34.6 Å². The molecule has 0 unspecified atom stereocenters. The van der Waals surface area contributed by atoms with Crippen LogP contribution in [0.25, 0.3) is 21.5 Å². The van der Waals surface area contributed by atoms with Gasteiger partial charge in [-0.25, -0.2) is 0 Å². The number of benzene rings is 4. The molecule has 39 heavy (non-hydrogen) atoms. The second-order valence-electron chi connectivity index (χ2n) is 9.20. The van der Waals surface area contributed by atoms with Crippen molar-refractivity contribution in [1.82, 2.24) is 4.90 Å². The van der Waals surface area contributed by atoms with E-state index in [9.17, 15) is 0 Å². The lowest BCUT2D eigenvalue weighted by Crippen LogP contribution is -2.26. The van der Waals surface area contributed by atoms with E-state index >= 15 is 0 Å². The van der Waals surface area contributed by atoms with Gasteiger partial charge in [0, 0.05) is 13.1 Å². The summed E-state index contributed by atoms with van der Waals surface area (Å²) in [5.74, 6) is 0. The zero-order valence-electron chi connectivity index (χ0n) is 26.9. The average molecular weight is 528 g/mol. The third-order valence-electron chi connectivity index (χ3n) is 6.16. The summed E-state index contributed by atoms with van der Waals surface area (Å²) >= 11 is 0. The van der Waals surface area contributed by atoms with Gasteiger partial charge in [-0.05, 0) is 77.0 Å². The molecule has 1 aliphatic heterocycles. The molecule has 0 fully saturated rings. The van der Waals surface area contributed by atoms with Crippen LogP contribution in [0.4, 0.5) is 0 Å². The maximum Gasteiger partial charge on any atom is 0.0239 e. The molecule has 0 aromatic heterocycles. The van der Waals surface area contributed by atoms with Gasteiger partial charge >= 0.3 is 0 Å². The zero-order chi connectivity index (χ0) is 29.6. The lowest BCUT2D eigenvalue weighted by Gasteiger charge is -2.26. The number of nitrogens with zero attached hydrogens (tertiary/aromatic N) is 1. The molecule has 4 aromatic carbocycles. The Hall–Kier alpha value is -2.90. The van der Waals surface area contributed by atoms with E-state index in [0.717, 1.165) is 19.4 Å². The maximum atomic E-state index is 3.36. The van der Waals surface area contributed by atoms with E-state index < -0.39 is 0 Å². The first-order valence-electron chi connectivity index (χ1n) is 15.3. The molecule has 0 radical (unpaired) electrons. The highest BCUT2D eigenvalue weighted by Gasteiger charge is 2.14. The van der Waals surface area contributed by atoms with Gasteiger partial charge in [-0.15, -0.1) is 6.58 Å². The van der Waals surface area contributed by atoms with Gasteiger partial charge in [0.05, 0.1) is 0 Å². The van der Waals surface area contributed by atoms with Crippen LogP contribution in [0.3, 0.4) is 0 Å². The van der Waals surface area contributed by atoms with E-state index in [1.165, 1.54) is 63.2 Å². The van der Waals surface area contributed by atoms with Crippen molar-refractivity contribution >= 4 is 21.5 Å². The van der Waals surface area contributed by atoms with Crippen LogP contribution in [0.1, 0.15) is 91.0 Å². The van der Waals surface area contributed by atoms with Crippen molar-refractivity contribution < 1.29 is 0 Å². The van der Waals surface area contributed by atoms with Crippen LogP contribution in [-0.4, -0.2) is 18.5 Å². The van der Waals surface area contributed by atoms with Crippen LogP contribution in [0.2, 0.25) is 0 Å². The van der Waals surface area contributed by atoms with Crippen molar-refractivity contribution in [3.05, 3.63) is 108 Å². The van der Waals surface area contributed by atoms with E-state index in [-0.39, 0.29) is 0 Å². The molecule has 0 saturated carbocycles. The van der Waals surface area contributed by atoms with Gasteiger partial charge < -0.3 is 4.90 Å². The normalized spacial score (nSPS) is 11.3. The summed E-state index contributed by atoms with van der Waals surface area (Å²) in [6, 6.07) is 26.5. The lowest BCUT2D eigenvalue weighted by atomic mass is 9.94. The second kappa shape index (κ2) is 22.0. The first-order chi connectivity index (χ1) is 19.0. The van der Waals surface area contributed by atoms with Gasteiger partial charge in [-0.2, -0.15) is 0 Å². The summed E-state index contributed by atoms with van der Waals surface area (Å²) in [5, 5.41) is 5.52. The third kappa shape index (κ3) is 11.8. The summed E-state index contributed by atoms with van der Waals surface area (Å²) in [5.41, 5.74) is 6.05. The van der Waals surface area contributed by atoms with Crippen LogP contribution >= 0.6 is 0 Å². The molecule has 5 rings (SSSR count). The SMILES string of the molecule is C=CC.CC.CC.CCC.CCc1cc2ccccc2cc1CC.CN1CCc2ccc3ccccc3c2C1. The van der Waals surface area contributed by atoms with Gasteiger partial charge in [0.15, 0.2) is 0 Å². The molecule has 214 valence electrons.